The van der Waals surface area contributed by atoms with E-state index in [-0.39, 0.29) is 6.10 Å². The van der Waals surface area contributed by atoms with E-state index < -0.39 is 0 Å². The molecule has 2 aromatic rings. The van der Waals surface area contributed by atoms with E-state index in [1.54, 1.807) is 11.3 Å². The fourth-order valence-corrected chi connectivity index (χ4v) is 5.23. The number of pyridine rings is 1. The Kier molecular flexibility index (Phi) is 5.41. The summed E-state index contributed by atoms with van der Waals surface area (Å²) in [5.74, 6) is 0.888. The fourth-order valence-electron chi connectivity index (χ4n) is 4.08. The standard InChI is InChI=1S/C20H25ClN2OS/c1-14-17(20-10-16(21)13-25-20)6-7-18(22-14)19-12-23(8-9-24-19)11-15-4-2-3-5-15/h6-7,10,13,15,19H,2-5,8-9,11-12H2,1H3. The van der Waals surface area contributed by atoms with Crippen LogP contribution in [0.25, 0.3) is 10.4 Å². The van der Waals surface area contributed by atoms with Crippen LogP contribution in [-0.4, -0.2) is 36.1 Å². The molecule has 0 radical (unpaired) electrons. The van der Waals surface area contributed by atoms with E-state index in [9.17, 15) is 0 Å². The van der Waals surface area contributed by atoms with E-state index in [1.165, 1.54) is 42.7 Å². The summed E-state index contributed by atoms with van der Waals surface area (Å²) in [6.07, 6.45) is 5.71. The van der Waals surface area contributed by atoms with E-state index in [0.29, 0.717) is 0 Å². The maximum absolute atomic E-state index is 6.07. The van der Waals surface area contributed by atoms with Crippen LogP contribution in [0.3, 0.4) is 0 Å². The van der Waals surface area contributed by atoms with Crippen molar-refractivity contribution in [2.45, 2.75) is 38.7 Å². The highest BCUT2D eigenvalue weighted by Gasteiger charge is 2.26. The average Bonchev–Trinajstić information content (AvgIpc) is 3.27. The third-order valence-corrected chi connectivity index (χ3v) is 6.72. The van der Waals surface area contributed by atoms with Crippen LogP contribution in [0, 0.1) is 12.8 Å². The largest absolute Gasteiger partial charge is 0.369 e. The number of nitrogens with zero attached hydrogens (tertiary/aromatic N) is 2. The first-order chi connectivity index (χ1) is 12.2. The minimum Gasteiger partial charge on any atom is -0.369 e. The lowest BCUT2D eigenvalue weighted by molar-refractivity contribution is -0.0363. The second-order valence-electron chi connectivity index (χ2n) is 7.27. The first-order valence-electron chi connectivity index (χ1n) is 9.25. The number of hydrogen-bond donors (Lipinski definition) is 0. The molecule has 0 bridgehead atoms. The van der Waals surface area contributed by atoms with Gasteiger partial charge in [0, 0.05) is 41.1 Å². The topological polar surface area (TPSA) is 25.4 Å². The minimum absolute atomic E-state index is 0.0924. The third-order valence-electron chi connectivity index (χ3n) is 5.41. The molecule has 1 saturated carbocycles. The highest BCUT2D eigenvalue weighted by atomic mass is 35.5. The van der Waals surface area contributed by atoms with Crippen LogP contribution < -0.4 is 0 Å². The maximum atomic E-state index is 6.07. The number of thiophene rings is 1. The van der Waals surface area contributed by atoms with Gasteiger partial charge in [-0.3, -0.25) is 9.88 Å². The molecule has 0 N–H and O–H groups in total. The van der Waals surface area contributed by atoms with E-state index in [1.807, 2.05) is 11.4 Å². The molecule has 134 valence electrons. The van der Waals surface area contributed by atoms with Crippen molar-refractivity contribution in [3.63, 3.8) is 0 Å². The van der Waals surface area contributed by atoms with Crippen molar-refractivity contribution in [3.8, 4) is 10.4 Å². The van der Waals surface area contributed by atoms with Crippen molar-refractivity contribution < 1.29 is 4.74 Å². The summed E-state index contributed by atoms with van der Waals surface area (Å²) in [7, 11) is 0. The van der Waals surface area contributed by atoms with Crippen LogP contribution in [-0.2, 0) is 4.74 Å². The summed E-state index contributed by atoms with van der Waals surface area (Å²) in [6.45, 7) is 6.13. The molecule has 4 rings (SSSR count). The van der Waals surface area contributed by atoms with Crippen LogP contribution in [0.2, 0.25) is 5.02 Å². The molecule has 2 fully saturated rings. The van der Waals surface area contributed by atoms with Gasteiger partial charge in [-0.2, -0.15) is 0 Å². The molecule has 0 aromatic carbocycles. The zero-order valence-electron chi connectivity index (χ0n) is 14.7. The predicted octanol–water partition coefficient (Wildman–Crippen LogP) is 5.34. The van der Waals surface area contributed by atoms with E-state index in [2.05, 4.69) is 24.0 Å². The fraction of sp³-hybridized carbons (Fsp3) is 0.550. The predicted molar refractivity (Wildman–Crippen MR) is 104 cm³/mol. The van der Waals surface area contributed by atoms with Gasteiger partial charge >= 0.3 is 0 Å². The van der Waals surface area contributed by atoms with E-state index in [4.69, 9.17) is 21.3 Å². The lowest BCUT2D eigenvalue weighted by atomic mass is 10.1. The van der Waals surface area contributed by atoms with E-state index in [0.717, 1.165) is 42.0 Å². The summed E-state index contributed by atoms with van der Waals surface area (Å²) in [4.78, 5) is 8.61. The number of morpholine rings is 1. The van der Waals surface area contributed by atoms with Gasteiger partial charge < -0.3 is 4.74 Å². The Morgan fingerprint density at radius 2 is 2.16 bits per heavy atom. The van der Waals surface area contributed by atoms with Crippen molar-refractivity contribution in [2.24, 2.45) is 5.92 Å². The minimum atomic E-state index is 0.0924. The lowest BCUT2D eigenvalue weighted by Gasteiger charge is -2.34. The van der Waals surface area contributed by atoms with Crippen molar-refractivity contribution in [1.82, 2.24) is 9.88 Å². The molecule has 1 unspecified atom stereocenters. The first kappa shape index (κ1) is 17.5. The average molecular weight is 377 g/mol. The molecule has 1 aliphatic carbocycles. The Hall–Kier alpha value is -0.940. The number of ether oxygens (including phenoxy) is 1. The van der Waals surface area contributed by atoms with Crippen LogP contribution in [0.5, 0.6) is 0 Å². The lowest BCUT2D eigenvalue weighted by Crippen LogP contribution is -2.40. The van der Waals surface area contributed by atoms with Crippen LogP contribution in [0.15, 0.2) is 23.6 Å². The third kappa shape index (κ3) is 4.08. The molecule has 1 aliphatic heterocycles. The van der Waals surface area contributed by atoms with Crippen molar-refractivity contribution in [3.05, 3.63) is 40.0 Å². The highest BCUT2D eigenvalue weighted by Crippen LogP contribution is 2.33. The van der Waals surface area contributed by atoms with Gasteiger partial charge in [0.15, 0.2) is 0 Å². The molecule has 0 amide bonds. The Labute approximate surface area is 159 Å². The Morgan fingerprint density at radius 3 is 2.88 bits per heavy atom. The molecule has 2 aromatic heterocycles. The molecular weight excluding hydrogens is 352 g/mol. The van der Waals surface area contributed by atoms with Crippen LogP contribution in [0.1, 0.15) is 43.2 Å². The zero-order chi connectivity index (χ0) is 17.2. The second kappa shape index (κ2) is 7.75. The van der Waals surface area contributed by atoms with Crippen molar-refractivity contribution in [2.75, 3.05) is 26.2 Å². The molecular formula is C20H25ClN2OS. The Bertz CT molecular complexity index is 726. The van der Waals surface area contributed by atoms with Crippen LogP contribution in [0.4, 0.5) is 0 Å². The number of hydrogen-bond acceptors (Lipinski definition) is 4. The highest BCUT2D eigenvalue weighted by molar-refractivity contribution is 7.14. The molecule has 0 spiro atoms. The van der Waals surface area contributed by atoms with Gasteiger partial charge in [0.25, 0.3) is 0 Å². The molecule has 1 saturated heterocycles. The zero-order valence-corrected chi connectivity index (χ0v) is 16.3. The van der Waals surface area contributed by atoms with Gasteiger partial charge in [0.1, 0.15) is 6.10 Å². The molecule has 25 heavy (non-hydrogen) atoms. The number of rotatable bonds is 4. The van der Waals surface area contributed by atoms with Crippen molar-refractivity contribution >= 4 is 22.9 Å². The monoisotopic (exact) mass is 376 g/mol. The Balaban J connectivity index is 1.46. The SMILES string of the molecule is Cc1nc(C2CN(CC3CCCC3)CCO2)ccc1-c1cc(Cl)cs1. The number of halogens is 1. The van der Waals surface area contributed by atoms with Gasteiger partial charge in [-0.1, -0.05) is 24.4 Å². The second-order valence-corrected chi connectivity index (χ2v) is 8.62. The molecule has 3 nitrogen and oxygen atoms in total. The van der Waals surface area contributed by atoms with Crippen molar-refractivity contribution in [1.29, 1.82) is 0 Å². The Morgan fingerprint density at radius 1 is 1.32 bits per heavy atom. The quantitative estimate of drug-likeness (QED) is 0.720. The van der Waals surface area contributed by atoms with Gasteiger partial charge in [-0.15, -0.1) is 11.3 Å². The van der Waals surface area contributed by atoms with E-state index >= 15 is 0 Å². The summed E-state index contributed by atoms with van der Waals surface area (Å²) >= 11 is 7.73. The summed E-state index contributed by atoms with van der Waals surface area (Å²) in [5, 5.41) is 2.76. The maximum Gasteiger partial charge on any atom is 0.112 e. The molecule has 2 aliphatic rings. The molecule has 5 heteroatoms. The summed E-state index contributed by atoms with van der Waals surface area (Å²) in [6, 6.07) is 6.30. The van der Waals surface area contributed by atoms with Crippen LogP contribution >= 0.6 is 22.9 Å². The van der Waals surface area contributed by atoms with Gasteiger partial charge in [-0.05, 0) is 43.9 Å². The summed E-state index contributed by atoms with van der Waals surface area (Å²) < 4.78 is 6.04. The summed E-state index contributed by atoms with van der Waals surface area (Å²) in [5.41, 5.74) is 3.27. The smallest absolute Gasteiger partial charge is 0.112 e. The number of aryl methyl sites for hydroxylation is 1. The first-order valence-corrected chi connectivity index (χ1v) is 10.5. The molecule has 1 atom stereocenters. The molecule has 3 heterocycles. The van der Waals surface area contributed by atoms with Gasteiger partial charge in [0.05, 0.1) is 17.3 Å². The van der Waals surface area contributed by atoms with Gasteiger partial charge in [-0.25, -0.2) is 0 Å². The number of aromatic nitrogens is 1. The van der Waals surface area contributed by atoms with Gasteiger partial charge in [0.2, 0.25) is 0 Å². The normalized spacial score (nSPS) is 22.6.